The average Bonchev–Trinajstić information content (AvgIpc) is 1.53. The van der Waals surface area contributed by atoms with E-state index in [0.29, 0.717) is 34.9 Å². The van der Waals surface area contributed by atoms with Gasteiger partial charge in [0.05, 0.1) is 5.41 Å². The largest absolute Gasteiger partial charge is 0.309 e. The summed E-state index contributed by atoms with van der Waals surface area (Å²) < 4.78 is 29.8. The predicted molar refractivity (Wildman–Crippen MR) is 525 cm³/mol. The first-order valence-electron chi connectivity index (χ1n) is 42.7. The number of rotatable bonds is 18. The minimum Gasteiger partial charge on any atom is -0.309 e. The van der Waals surface area contributed by atoms with Crippen molar-refractivity contribution in [1.29, 1.82) is 0 Å². The summed E-state index contributed by atoms with van der Waals surface area (Å²) in [5.74, 6) is 3.75. The highest BCUT2D eigenvalue weighted by atomic mass is 31.2. The molecule has 0 unspecified atom stereocenters. The topological polar surface area (TPSA) is 111 Å². The third kappa shape index (κ3) is 14.8. The zero-order valence-corrected chi connectivity index (χ0v) is 70.9. The Morgan fingerprint density at radius 1 is 0.165 bits per heavy atom. The van der Waals surface area contributed by atoms with E-state index in [-0.39, 0.29) is 0 Å². The molecule has 0 fully saturated rings. The Morgan fingerprint density at radius 3 is 0.764 bits per heavy atom. The molecule has 0 radical (unpaired) electrons. The van der Waals surface area contributed by atoms with E-state index in [1.807, 2.05) is 164 Å². The van der Waals surface area contributed by atoms with Crippen LogP contribution in [0.1, 0.15) is 22.3 Å². The van der Waals surface area contributed by atoms with Crippen LogP contribution in [-0.4, -0.2) is 29.9 Å². The summed E-state index contributed by atoms with van der Waals surface area (Å²) in [6.07, 6.45) is 0. The molecular formula is C117H80N6O2P2. The fourth-order valence-corrected chi connectivity index (χ4v) is 23.4. The van der Waals surface area contributed by atoms with E-state index in [1.165, 1.54) is 27.8 Å². The summed E-state index contributed by atoms with van der Waals surface area (Å²) in [6.45, 7) is 0. The molecule has 0 amide bonds. The summed E-state index contributed by atoms with van der Waals surface area (Å²) in [6, 6.07) is 166. The Balaban J connectivity index is 0.000000157. The zero-order valence-electron chi connectivity index (χ0n) is 69.1. The summed E-state index contributed by atoms with van der Waals surface area (Å²) in [4.78, 5) is 31.0. The highest BCUT2D eigenvalue weighted by Crippen LogP contribution is 2.58. The maximum absolute atomic E-state index is 14.9. The van der Waals surface area contributed by atoms with Crippen molar-refractivity contribution in [3.05, 3.63) is 508 Å². The lowest BCUT2D eigenvalue weighted by Crippen LogP contribution is -2.28. The van der Waals surface area contributed by atoms with Gasteiger partial charge in [-0.05, 0) is 99.4 Å². The lowest BCUT2D eigenvalue weighted by atomic mass is 9.67. The van der Waals surface area contributed by atoms with Crippen LogP contribution in [0.3, 0.4) is 0 Å². The maximum atomic E-state index is 14.9. The number of hydrogen-bond donors (Lipinski definition) is 0. The zero-order chi connectivity index (χ0) is 85.1. The quantitative estimate of drug-likeness (QED) is 0.0781. The number of aromatic nitrogens is 6. The minimum atomic E-state index is -3.05. The second kappa shape index (κ2) is 34.1. The van der Waals surface area contributed by atoms with Gasteiger partial charge < -0.3 is 9.13 Å². The molecule has 19 aromatic carbocycles. The molecule has 0 saturated heterocycles. The van der Waals surface area contributed by atoms with Gasteiger partial charge in [0.25, 0.3) is 0 Å². The molecule has 0 bridgehead atoms. The standard InChI is InChI=1S/C64H44N3OP.C53H36N3OP/c68-69(53-25-12-4-13-26-53,54-27-14-5-15-28-54)55-43-41-48(42-44-55)46-35-33-45(34-36-46)47-37-39-50(40-38-47)62-65-61(49-19-6-1-7-20-49)66-63(67-62)57-30-18-32-59-60(57)56-29-16-17-31-58(56)64(59,51-21-8-2-9-22-51)52-23-10-3-11-24-52;57-58(44-17-3-1-4-18-44,45-19-5-2-6-20-45)46-35-33-40(34-36-46)38-27-25-37(26-28-38)39-29-31-43(32-30-39)51-54-52(49-23-11-15-41-13-7-9-21-47(41)49)56-53(55-51)50-24-12-16-42-14-8-10-22-48(42)50/h1-44H;1-36H. The summed E-state index contributed by atoms with van der Waals surface area (Å²) >= 11 is 0. The molecule has 600 valence electrons. The smallest absolute Gasteiger partial charge is 0.171 e. The molecule has 2 aromatic heterocycles. The van der Waals surface area contributed by atoms with Crippen molar-refractivity contribution in [3.63, 3.8) is 0 Å². The predicted octanol–water partition coefficient (Wildman–Crippen LogP) is 26.4. The van der Waals surface area contributed by atoms with Crippen LogP contribution in [0.2, 0.25) is 0 Å². The van der Waals surface area contributed by atoms with E-state index in [2.05, 4.69) is 322 Å². The highest BCUT2D eigenvalue weighted by molar-refractivity contribution is 7.85. The van der Waals surface area contributed by atoms with Crippen LogP contribution in [0.25, 0.3) is 146 Å². The second-order valence-electron chi connectivity index (χ2n) is 31.8. The van der Waals surface area contributed by atoms with Gasteiger partial charge in [-0.2, -0.15) is 0 Å². The molecule has 0 saturated carbocycles. The molecule has 0 spiro atoms. The Kier molecular flexibility index (Phi) is 21.1. The summed E-state index contributed by atoms with van der Waals surface area (Å²) in [7, 11) is -6.09. The van der Waals surface area contributed by atoms with Crippen molar-refractivity contribution >= 4 is 67.7 Å². The van der Waals surface area contributed by atoms with Gasteiger partial charge in [0.1, 0.15) is 0 Å². The van der Waals surface area contributed by atoms with E-state index >= 15 is 0 Å². The van der Waals surface area contributed by atoms with E-state index in [0.717, 1.165) is 137 Å². The number of hydrogen-bond acceptors (Lipinski definition) is 8. The highest BCUT2D eigenvalue weighted by Gasteiger charge is 2.47. The molecule has 0 N–H and O–H groups in total. The number of nitrogens with zero attached hydrogens (tertiary/aromatic N) is 6. The molecule has 22 rings (SSSR count). The van der Waals surface area contributed by atoms with Crippen LogP contribution in [0.5, 0.6) is 0 Å². The lowest BCUT2D eigenvalue weighted by Gasteiger charge is -2.33. The Morgan fingerprint density at radius 2 is 0.394 bits per heavy atom. The average molecular weight is 1660 g/mol. The van der Waals surface area contributed by atoms with Crippen LogP contribution >= 0.6 is 14.3 Å². The van der Waals surface area contributed by atoms with Gasteiger partial charge in [-0.25, -0.2) is 29.9 Å². The van der Waals surface area contributed by atoms with Crippen LogP contribution in [0, 0.1) is 0 Å². The SMILES string of the molecule is O=P(c1ccccc1)(c1ccccc1)c1ccc(-c2ccc(-c3ccc(-c4nc(-c5cccc6ccccc56)nc(-c5cccc6ccccc56)n4)cc3)cc2)cc1.O=P(c1ccccc1)(c1ccccc1)c1ccc(-c2ccc(-c3ccc(-c4nc(-c5ccccc5)nc(-c5cccc6c5-c5ccccc5C6(c5ccccc5)c5ccccc5)n4)cc3)cc2)cc1. The summed E-state index contributed by atoms with van der Waals surface area (Å²) in [5, 5.41) is 9.41. The molecule has 0 aliphatic heterocycles. The fraction of sp³-hybridized carbons (Fsp3) is 0.00855. The normalized spacial score (nSPS) is 12.1. The molecule has 127 heavy (non-hydrogen) atoms. The van der Waals surface area contributed by atoms with Gasteiger partial charge in [-0.1, -0.05) is 485 Å². The van der Waals surface area contributed by atoms with Crippen LogP contribution < -0.4 is 31.8 Å². The van der Waals surface area contributed by atoms with E-state index in [1.54, 1.807) is 0 Å². The first-order chi connectivity index (χ1) is 62.7. The van der Waals surface area contributed by atoms with Gasteiger partial charge in [0, 0.05) is 65.2 Å². The van der Waals surface area contributed by atoms with Gasteiger partial charge in [-0.3, -0.25) is 0 Å². The first kappa shape index (κ1) is 78.4. The monoisotopic (exact) mass is 1660 g/mol. The molecular weight excluding hydrogens is 1580 g/mol. The van der Waals surface area contributed by atoms with Crippen LogP contribution in [0.15, 0.2) is 485 Å². The Bertz CT molecular complexity index is 7440. The third-order valence-electron chi connectivity index (χ3n) is 24.4. The van der Waals surface area contributed by atoms with Crippen molar-refractivity contribution in [1.82, 2.24) is 29.9 Å². The fourth-order valence-electron chi connectivity index (χ4n) is 18.1. The van der Waals surface area contributed by atoms with E-state index in [4.69, 9.17) is 29.9 Å². The molecule has 10 heteroatoms. The van der Waals surface area contributed by atoms with Gasteiger partial charge in [-0.15, -0.1) is 0 Å². The Labute approximate surface area is 738 Å². The molecule has 2 heterocycles. The number of fused-ring (bicyclic) bond motifs is 5. The molecule has 1 aliphatic carbocycles. The van der Waals surface area contributed by atoms with Crippen molar-refractivity contribution in [2.45, 2.75) is 5.41 Å². The third-order valence-corrected chi connectivity index (χ3v) is 30.6. The Hall–Kier alpha value is -15.8. The molecule has 8 nitrogen and oxygen atoms in total. The molecule has 21 aromatic rings. The summed E-state index contributed by atoms with van der Waals surface area (Å²) in [5.41, 5.74) is 20.9. The van der Waals surface area contributed by atoms with E-state index < -0.39 is 19.7 Å². The van der Waals surface area contributed by atoms with E-state index in [9.17, 15) is 9.13 Å². The molecule has 0 atom stereocenters. The minimum absolute atomic E-state index is 0.544. The second-order valence-corrected chi connectivity index (χ2v) is 37.3. The molecule has 1 aliphatic rings. The van der Waals surface area contributed by atoms with Crippen molar-refractivity contribution in [3.8, 4) is 124 Å². The van der Waals surface area contributed by atoms with Gasteiger partial charge >= 0.3 is 0 Å². The van der Waals surface area contributed by atoms with Crippen LogP contribution in [0.4, 0.5) is 0 Å². The first-order valence-corrected chi connectivity index (χ1v) is 46.1. The van der Waals surface area contributed by atoms with Gasteiger partial charge in [0.2, 0.25) is 0 Å². The lowest BCUT2D eigenvalue weighted by molar-refractivity contribution is 0.591. The van der Waals surface area contributed by atoms with Crippen molar-refractivity contribution < 1.29 is 9.13 Å². The van der Waals surface area contributed by atoms with Crippen molar-refractivity contribution in [2.24, 2.45) is 0 Å². The van der Waals surface area contributed by atoms with Gasteiger partial charge in [0.15, 0.2) is 49.2 Å². The van der Waals surface area contributed by atoms with Crippen molar-refractivity contribution in [2.75, 3.05) is 0 Å². The number of benzene rings is 19. The maximum Gasteiger partial charge on any atom is 0.171 e. The van der Waals surface area contributed by atoms with Crippen LogP contribution in [-0.2, 0) is 14.5 Å².